The van der Waals surface area contributed by atoms with Crippen LogP contribution in [0, 0.1) is 0 Å². The second-order valence-electron chi connectivity index (χ2n) is 3.04. The van der Waals surface area contributed by atoms with Crippen molar-refractivity contribution in [2.75, 3.05) is 13.6 Å². The number of rotatable bonds is 3. The molecule has 0 atom stereocenters. The lowest BCUT2D eigenvalue weighted by Gasteiger charge is -2.15. The van der Waals surface area contributed by atoms with Gasteiger partial charge in [-0.15, -0.1) is 0 Å². The molecule has 0 aromatic heterocycles. The summed E-state index contributed by atoms with van der Waals surface area (Å²) in [7, 11) is 2.05. The van der Waals surface area contributed by atoms with Gasteiger partial charge in [0.05, 0.1) is 10.0 Å². The summed E-state index contributed by atoms with van der Waals surface area (Å²) in [6.45, 7) is 3.96. The van der Waals surface area contributed by atoms with Crippen LogP contribution in [0.15, 0.2) is 18.2 Å². The maximum Gasteiger partial charge on any atom is 0.0637 e. The van der Waals surface area contributed by atoms with Crippen molar-refractivity contribution in [2.45, 2.75) is 13.5 Å². The third-order valence-corrected chi connectivity index (χ3v) is 2.87. The van der Waals surface area contributed by atoms with E-state index in [9.17, 15) is 0 Å². The molecule has 0 N–H and O–H groups in total. The lowest BCUT2D eigenvalue weighted by Crippen LogP contribution is -2.16. The molecule has 13 heavy (non-hydrogen) atoms. The molecule has 1 aromatic rings. The Balaban J connectivity index is 2.83. The van der Waals surface area contributed by atoms with Crippen LogP contribution in [0.3, 0.4) is 0 Å². The number of halogens is 2. The highest BCUT2D eigenvalue weighted by atomic mass is 35.5. The highest BCUT2D eigenvalue weighted by Crippen LogP contribution is 2.26. The molecule has 0 amide bonds. The summed E-state index contributed by atoms with van der Waals surface area (Å²) >= 11 is 11.9. The van der Waals surface area contributed by atoms with Crippen LogP contribution in [0.25, 0.3) is 0 Å². The molecule has 0 fully saturated rings. The number of benzene rings is 1. The van der Waals surface area contributed by atoms with E-state index in [2.05, 4.69) is 18.9 Å². The van der Waals surface area contributed by atoms with Crippen LogP contribution in [-0.4, -0.2) is 18.5 Å². The summed E-state index contributed by atoms with van der Waals surface area (Å²) in [6.07, 6.45) is 0. The fourth-order valence-corrected chi connectivity index (χ4v) is 1.45. The van der Waals surface area contributed by atoms with E-state index in [1.807, 2.05) is 12.1 Å². The van der Waals surface area contributed by atoms with Crippen molar-refractivity contribution < 1.29 is 0 Å². The Morgan fingerprint density at radius 3 is 2.62 bits per heavy atom. The molecular weight excluding hydrogens is 205 g/mol. The predicted octanol–water partition coefficient (Wildman–Crippen LogP) is 3.45. The van der Waals surface area contributed by atoms with E-state index in [1.165, 1.54) is 0 Å². The van der Waals surface area contributed by atoms with Crippen LogP contribution in [0.5, 0.6) is 0 Å². The Kier molecular flexibility index (Phi) is 4.04. The molecule has 0 spiro atoms. The lowest BCUT2D eigenvalue weighted by atomic mass is 10.2. The SMILES string of the molecule is CCN(C)Cc1cccc(Cl)c1Cl. The Morgan fingerprint density at radius 2 is 2.00 bits per heavy atom. The van der Waals surface area contributed by atoms with E-state index >= 15 is 0 Å². The van der Waals surface area contributed by atoms with Gasteiger partial charge in [-0.1, -0.05) is 42.3 Å². The minimum Gasteiger partial charge on any atom is -0.302 e. The molecule has 0 bridgehead atoms. The molecule has 0 aliphatic rings. The van der Waals surface area contributed by atoms with Crippen molar-refractivity contribution in [3.8, 4) is 0 Å². The van der Waals surface area contributed by atoms with Crippen molar-refractivity contribution in [3.63, 3.8) is 0 Å². The van der Waals surface area contributed by atoms with Gasteiger partial charge in [0, 0.05) is 6.54 Å². The third-order valence-electron chi connectivity index (χ3n) is 2.01. The van der Waals surface area contributed by atoms with Crippen molar-refractivity contribution in [1.82, 2.24) is 4.90 Å². The summed E-state index contributed by atoms with van der Waals surface area (Å²) < 4.78 is 0. The molecule has 0 saturated carbocycles. The van der Waals surface area contributed by atoms with E-state index in [0.29, 0.717) is 10.0 Å². The molecule has 0 radical (unpaired) electrons. The zero-order valence-corrected chi connectivity index (χ0v) is 9.36. The number of nitrogens with zero attached hydrogens (tertiary/aromatic N) is 1. The van der Waals surface area contributed by atoms with Gasteiger partial charge < -0.3 is 4.90 Å². The maximum absolute atomic E-state index is 6.04. The molecule has 1 rings (SSSR count). The van der Waals surface area contributed by atoms with Gasteiger partial charge in [-0.25, -0.2) is 0 Å². The van der Waals surface area contributed by atoms with Crippen LogP contribution >= 0.6 is 23.2 Å². The Labute approximate surface area is 89.3 Å². The summed E-state index contributed by atoms with van der Waals surface area (Å²) in [5.41, 5.74) is 1.08. The highest BCUT2D eigenvalue weighted by Gasteiger charge is 2.05. The van der Waals surface area contributed by atoms with Gasteiger partial charge in [-0.3, -0.25) is 0 Å². The topological polar surface area (TPSA) is 3.24 Å². The van der Waals surface area contributed by atoms with E-state index in [0.717, 1.165) is 18.7 Å². The third kappa shape index (κ3) is 2.87. The van der Waals surface area contributed by atoms with Crippen molar-refractivity contribution in [3.05, 3.63) is 33.8 Å². The van der Waals surface area contributed by atoms with Gasteiger partial charge >= 0.3 is 0 Å². The van der Waals surface area contributed by atoms with Crippen molar-refractivity contribution in [2.24, 2.45) is 0 Å². The van der Waals surface area contributed by atoms with Crippen LogP contribution in [0.2, 0.25) is 10.0 Å². The largest absolute Gasteiger partial charge is 0.302 e. The summed E-state index contributed by atoms with van der Waals surface area (Å²) in [5, 5.41) is 1.30. The predicted molar refractivity (Wildman–Crippen MR) is 58.5 cm³/mol. The molecule has 0 aliphatic heterocycles. The second-order valence-corrected chi connectivity index (χ2v) is 3.83. The van der Waals surface area contributed by atoms with E-state index in [1.54, 1.807) is 6.07 Å². The Hall–Kier alpha value is -0.240. The summed E-state index contributed by atoms with van der Waals surface area (Å²) in [6, 6.07) is 5.73. The molecule has 0 aliphatic carbocycles. The van der Waals surface area contributed by atoms with Gasteiger partial charge in [0.15, 0.2) is 0 Å². The highest BCUT2D eigenvalue weighted by molar-refractivity contribution is 6.42. The van der Waals surface area contributed by atoms with E-state index < -0.39 is 0 Å². The zero-order chi connectivity index (χ0) is 9.84. The van der Waals surface area contributed by atoms with Gasteiger partial charge in [0.1, 0.15) is 0 Å². The summed E-state index contributed by atoms with van der Waals surface area (Å²) in [4.78, 5) is 2.18. The van der Waals surface area contributed by atoms with E-state index in [-0.39, 0.29) is 0 Å². The van der Waals surface area contributed by atoms with E-state index in [4.69, 9.17) is 23.2 Å². The van der Waals surface area contributed by atoms with Crippen LogP contribution in [-0.2, 0) is 6.54 Å². The van der Waals surface area contributed by atoms with Gasteiger partial charge in [-0.05, 0) is 25.2 Å². The smallest absolute Gasteiger partial charge is 0.0637 e. The normalized spacial score (nSPS) is 10.8. The monoisotopic (exact) mass is 217 g/mol. The quantitative estimate of drug-likeness (QED) is 0.751. The first-order valence-electron chi connectivity index (χ1n) is 4.26. The van der Waals surface area contributed by atoms with Crippen LogP contribution in [0.4, 0.5) is 0 Å². The maximum atomic E-state index is 6.04. The fraction of sp³-hybridized carbons (Fsp3) is 0.400. The molecule has 1 nitrogen and oxygen atoms in total. The van der Waals surface area contributed by atoms with Crippen LogP contribution < -0.4 is 0 Å². The molecular formula is C10H13Cl2N. The first kappa shape index (κ1) is 10.8. The van der Waals surface area contributed by atoms with Gasteiger partial charge in [0.2, 0.25) is 0 Å². The van der Waals surface area contributed by atoms with Gasteiger partial charge in [-0.2, -0.15) is 0 Å². The Morgan fingerprint density at radius 1 is 1.31 bits per heavy atom. The van der Waals surface area contributed by atoms with Crippen LogP contribution in [0.1, 0.15) is 12.5 Å². The number of hydrogen-bond donors (Lipinski definition) is 0. The molecule has 0 unspecified atom stereocenters. The summed E-state index contributed by atoms with van der Waals surface area (Å²) in [5.74, 6) is 0. The standard InChI is InChI=1S/C10H13Cl2N/c1-3-13(2)7-8-5-4-6-9(11)10(8)12/h4-6H,3,7H2,1-2H3. The molecule has 0 heterocycles. The zero-order valence-electron chi connectivity index (χ0n) is 7.85. The molecule has 0 saturated heterocycles. The Bertz CT molecular complexity index is 286. The van der Waals surface area contributed by atoms with Crippen molar-refractivity contribution in [1.29, 1.82) is 0 Å². The lowest BCUT2D eigenvalue weighted by molar-refractivity contribution is 0.346. The first-order valence-corrected chi connectivity index (χ1v) is 5.02. The fourth-order valence-electron chi connectivity index (χ4n) is 1.07. The average Bonchev–Trinajstić information content (AvgIpc) is 2.13. The molecule has 72 valence electrons. The van der Waals surface area contributed by atoms with Gasteiger partial charge in [0.25, 0.3) is 0 Å². The first-order chi connectivity index (χ1) is 6.15. The average molecular weight is 218 g/mol. The van der Waals surface area contributed by atoms with Crippen molar-refractivity contribution >= 4 is 23.2 Å². The minimum atomic E-state index is 0.628. The number of hydrogen-bond acceptors (Lipinski definition) is 1. The minimum absolute atomic E-state index is 0.628. The second kappa shape index (κ2) is 4.85. The molecule has 3 heteroatoms. The molecule has 1 aromatic carbocycles.